The van der Waals surface area contributed by atoms with E-state index in [2.05, 4.69) is 5.32 Å². The van der Waals surface area contributed by atoms with Crippen LogP contribution in [0.5, 0.6) is 0 Å². The smallest absolute Gasteiger partial charge is 0.408 e. The highest BCUT2D eigenvalue weighted by Crippen LogP contribution is 2.49. The number of nitrogens with zero attached hydrogens (tertiary/aromatic N) is 1. The first kappa shape index (κ1) is 20.1. The summed E-state index contributed by atoms with van der Waals surface area (Å²) in [7, 11) is 1.51. The molecule has 0 spiro atoms. The minimum Gasteiger partial charge on any atom is -0.444 e. The lowest BCUT2D eigenvalue weighted by Gasteiger charge is -2.31. The Morgan fingerprint density at radius 3 is 2.39 bits per heavy atom. The number of para-hydroxylation sites is 1. The molecule has 2 aromatic rings. The fraction of sp³-hybridized carbons (Fsp3) is 0.333. The van der Waals surface area contributed by atoms with Crippen LogP contribution in [0.1, 0.15) is 37.9 Å². The first-order valence-electron chi connectivity index (χ1n) is 8.85. The summed E-state index contributed by atoms with van der Waals surface area (Å²) in [6, 6.07) is 11.6. The monoisotopic (exact) mass is 404 g/mol. The number of fused-ring (bicyclic) bond motifs is 1. The van der Waals surface area contributed by atoms with Gasteiger partial charge in [-0.1, -0.05) is 41.9 Å². The van der Waals surface area contributed by atoms with Crippen LogP contribution in [0.4, 0.5) is 14.9 Å². The van der Waals surface area contributed by atoms with Gasteiger partial charge in [0.2, 0.25) is 5.67 Å². The largest absolute Gasteiger partial charge is 0.444 e. The average Bonchev–Trinajstić information content (AvgIpc) is 2.82. The van der Waals surface area contributed by atoms with Crippen LogP contribution in [-0.2, 0) is 15.2 Å². The number of benzene rings is 2. The number of anilines is 1. The van der Waals surface area contributed by atoms with E-state index >= 15 is 4.39 Å². The Morgan fingerprint density at radius 1 is 1.18 bits per heavy atom. The normalized spacial score (nSPS) is 19.9. The Balaban J connectivity index is 2.09. The zero-order valence-corrected chi connectivity index (χ0v) is 16.9. The number of nitrogens with one attached hydrogen (secondary N) is 1. The molecule has 2 atom stereocenters. The molecule has 1 aliphatic heterocycles. The summed E-state index contributed by atoms with van der Waals surface area (Å²) in [5.74, 6) is -0.760. The van der Waals surface area contributed by atoms with Gasteiger partial charge in [0.25, 0.3) is 5.91 Å². The van der Waals surface area contributed by atoms with E-state index in [0.717, 1.165) is 0 Å². The number of hydrogen-bond acceptors (Lipinski definition) is 3. The molecule has 1 unspecified atom stereocenters. The van der Waals surface area contributed by atoms with Gasteiger partial charge >= 0.3 is 6.09 Å². The summed E-state index contributed by atoms with van der Waals surface area (Å²) < 4.78 is 21.8. The van der Waals surface area contributed by atoms with E-state index in [9.17, 15) is 9.59 Å². The summed E-state index contributed by atoms with van der Waals surface area (Å²) >= 11 is 5.96. The van der Waals surface area contributed by atoms with Gasteiger partial charge in [-0.15, -0.1) is 0 Å². The Bertz CT molecular complexity index is 911. The van der Waals surface area contributed by atoms with Gasteiger partial charge in [-0.3, -0.25) is 4.79 Å². The molecule has 5 nitrogen and oxygen atoms in total. The summed E-state index contributed by atoms with van der Waals surface area (Å²) in [6.45, 7) is 5.12. The fourth-order valence-corrected chi connectivity index (χ4v) is 3.44. The SMILES string of the molecule is CN1C(=O)[C@@](F)(C(NC(=O)OC(C)(C)C)c2ccc(Cl)cc2)c2ccccc21. The number of carbonyl (C=O) groups is 2. The van der Waals surface area contributed by atoms with Gasteiger partial charge in [-0.05, 0) is 44.5 Å². The fourth-order valence-electron chi connectivity index (χ4n) is 3.31. The lowest BCUT2D eigenvalue weighted by atomic mass is 9.85. The maximum atomic E-state index is 16.5. The quantitative estimate of drug-likeness (QED) is 0.803. The van der Waals surface area contributed by atoms with Crippen LogP contribution in [0.3, 0.4) is 0 Å². The molecule has 0 radical (unpaired) electrons. The molecule has 0 aliphatic carbocycles. The molecule has 2 aromatic carbocycles. The first-order valence-corrected chi connectivity index (χ1v) is 9.23. The van der Waals surface area contributed by atoms with Crippen molar-refractivity contribution < 1.29 is 18.7 Å². The van der Waals surface area contributed by atoms with Crippen LogP contribution in [0.2, 0.25) is 5.02 Å². The summed E-state index contributed by atoms with van der Waals surface area (Å²) in [5.41, 5.74) is -2.21. The molecule has 28 heavy (non-hydrogen) atoms. The number of ether oxygens (including phenoxy) is 1. The first-order chi connectivity index (χ1) is 13.0. The van der Waals surface area contributed by atoms with Gasteiger partial charge in [0.15, 0.2) is 0 Å². The number of alkyl halides is 1. The standard InChI is InChI=1S/C21H22ClFN2O3/c1-20(2,3)28-19(27)24-17(13-9-11-14(22)12-10-13)21(23)15-7-5-6-8-16(15)25(4)18(21)26/h5-12,17H,1-4H3,(H,24,27)/t17?,21-/m0/s1. The second-order valence-corrected chi connectivity index (χ2v) is 8.16. The number of alkyl carbamates (subject to hydrolysis) is 1. The maximum absolute atomic E-state index is 16.5. The lowest BCUT2D eigenvalue weighted by molar-refractivity contribution is -0.131. The third-order valence-electron chi connectivity index (χ3n) is 4.54. The van der Waals surface area contributed by atoms with E-state index in [0.29, 0.717) is 16.3 Å². The van der Waals surface area contributed by atoms with Crippen LogP contribution in [0.25, 0.3) is 0 Å². The van der Waals surface area contributed by atoms with Crippen molar-refractivity contribution in [2.45, 2.75) is 38.1 Å². The lowest BCUT2D eigenvalue weighted by Crippen LogP contribution is -2.48. The minimum atomic E-state index is -2.49. The van der Waals surface area contributed by atoms with E-state index in [-0.39, 0.29) is 5.56 Å². The molecule has 0 bridgehead atoms. The third kappa shape index (κ3) is 3.56. The highest BCUT2D eigenvalue weighted by Gasteiger charge is 2.57. The second-order valence-electron chi connectivity index (χ2n) is 7.72. The topological polar surface area (TPSA) is 58.6 Å². The predicted octanol–water partition coefficient (Wildman–Crippen LogP) is 4.75. The van der Waals surface area contributed by atoms with Crippen molar-refractivity contribution in [3.05, 3.63) is 64.7 Å². The summed E-state index contributed by atoms with van der Waals surface area (Å²) in [6.07, 6.45) is -0.815. The molecule has 0 aromatic heterocycles. The molecular weight excluding hydrogens is 383 g/mol. The van der Waals surface area contributed by atoms with Crippen LogP contribution in [0.15, 0.2) is 48.5 Å². The van der Waals surface area contributed by atoms with Gasteiger partial charge < -0.3 is 15.0 Å². The van der Waals surface area contributed by atoms with Crippen molar-refractivity contribution in [2.24, 2.45) is 0 Å². The molecular formula is C21H22ClFN2O3. The molecule has 2 amide bonds. The molecule has 1 aliphatic rings. The van der Waals surface area contributed by atoms with Crippen LogP contribution < -0.4 is 10.2 Å². The van der Waals surface area contributed by atoms with E-state index in [1.165, 1.54) is 11.9 Å². The molecule has 148 valence electrons. The van der Waals surface area contributed by atoms with Gasteiger partial charge in [0.05, 0.1) is 5.69 Å². The molecule has 1 N–H and O–H groups in total. The number of halogens is 2. The number of carbonyl (C=O) groups excluding carboxylic acids is 2. The van der Waals surface area contributed by atoms with Crippen molar-refractivity contribution in [2.75, 3.05) is 11.9 Å². The Labute approximate surface area is 168 Å². The van der Waals surface area contributed by atoms with Gasteiger partial charge in [-0.2, -0.15) is 0 Å². The molecule has 0 saturated heterocycles. The summed E-state index contributed by atoms with van der Waals surface area (Å²) in [5, 5.41) is 3.02. The second kappa shape index (κ2) is 7.09. The zero-order chi connectivity index (χ0) is 20.7. The molecule has 0 fully saturated rings. The van der Waals surface area contributed by atoms with Gasteiger partial charge in [0, 0.05) is 17.6 Å². The molecule has 0 saturated carbocycles. The Morgan fingerprint density at radius 2 is 1.79 bits per heavy atom. The highest BCUT2D eigenvalue weighted by molar-refractivity contribution is 6.30. The van der Waals surface area contributed by atoms with Crippen molar-refractivity contribution in [1.29, 1.82) is 0 Å². The summed E-state index contributed by atoms with van der Waals surface area (Å²) in [4.78, 5) is 26.7. The van der Waals surface area contributed by atoms with Crippen LogP contribution in [0, 0.1) is 0 Å². The highest BCUT2D eigenvalue weighted by atomic mass is 35.5. The minimum absolute atomic E-state index is 0.193. The van der Waals surface area contributed by atoms with E-state index < -0.39 is 29.3 Å². The third-order valence-corrected chi connectivity index (χ3v) is 4.79. The van der Waals surface area contributed by atoms with Crippen molar-refractivity contribution >= 4 is 29.3 Å². The van der Waals surface area contributed by atoms with E-state index in [4.69, 9.17) is 16.3 Å². The number of likely N-dealkylation sites (N-methyl/N-ethyl adjacent to an activating group) is 1. The van der Waals surface area contributed by atoms with Crippen molar-refractivity contribution in [3.63, 3.8) is 0 Å². The maximum Gasteiger partial charge on any atom is 0.408 e. The average molecular weight is 405 g/mol. The molecule has 3 rings (SSSR count). The number of hydrogen-bond donors (Lipinski definition) is 1. The molecule has 1 heterocycles. The zero-order valence-electron chi connectivity index (χ0n) is 16.1. The van der Waals surface area contributed by atoms with E-state index in [1.807, 2.05) is 0 Å². The van der Waals surface area contributed by atoms with Gasteiger partial charge in [0.1, 0.15) is 11.6 Å². The Kier molecular flexibility index (Phi) is 5.10. The predicted molar refractivity (Wildman–Crippen MR) is 106 cm³/mol. The van der Waals surface area contributed by atoms with Crippen LogP contribution >= 0.6 is 11.6 Å². The Hall–Kier alpha value is -2.60. The van der Waals surface area contributed by atoms with Crippen molar-refractivity contribution in [1.82, 2.24) is 5.32 Å². The van der Waals surface area contributed by atoms with Gasteiger partial charge in [-0.25, -0.2) is 9.18 Å². The number of rotatable bonds is 3. The van der Waals surface area contributed by atoms with Crippen molar-refractivity contribution in [3.8, 4) is 0 Å². The molecule has 7 heteroatoms. The van der Waals surface area contributed by atoms with E-state index in [1.54, 1.807) is 69.3 Å². The number of amides is 2. The van der Waals surface area contributed by atoms with Crippen LogP contribution in [-0.4, -0.2) is 24.6 Å².